The van der Waals surface area contributed by atoms with Gasteiger partial charge in [-0.1, -0.05) is 0 Å². The Balaban J connectivity index is 2.56. The number of hydrogen-bond acceptors (Lipinski definition) is 3. The van der Waals surface area contributed by atoms with Gasteiger partial charge in [0, 0.05) is 0 Å². The summed E-state index contributed by atoms with van der Waals surface area (Å²) in [6.07, 6.45) is 0. The molecule has 0 spiro atoms. The average molecular weight is 185 g/mol. The van der Waals surface area contributed by atoms with Gasteiger partial charge in [0.1, 0.15) is 0 Å². The lowest BCUT2D eigenvalue weighted by atomic mass is 10.1. The fourth-order valence-electron chi connectivity index (χ4n) is 0.975. The lowest BCUT2D eigenvalue weighted by molar-refractivity contribution is -0.0376. The first-order chi connectivity index (χ1) is 4.87. The molecule has 6 heteroatoms. The van der Waals surface area contributed by atoms with Crippen molar-refractivity contribution in [1.29, 1.82) is 0 Å². The van der Waals surface area contributed by atoms with Gasteiger partial charge in [-0.2, -0.15) is 0 Å². The van der Waals surface area contributed by atoms with E-state index >= 15 is 0 Å². The van der Waals surface area contributed by atoms with Gasteiger partial charge >= 0.3 is 0 Å². The van der Waals surface area contributed by atoms with Crippen molar-refractivity contribution in [3.63, 3.8) is 0 Å². The fourth-order valence-corrected chi connectivity index (χ4v) is 2.59. The quantitative estimate of drug-likeness (QED) is 0.638. The number of hydrogen-bond donors (Lipinski definition) is 1. The molecule has 0 radical (unpaired) electrons. The molecule has 0 unspecified atom stereocenters. The van der Waals surface area contributed by atoms with Gasteiger partial charge in [-0.05, 0) is 0 Å². The minimum Gasteiger partial charge on any atom is -0.325 e. The lowest BCUT2D eigenvalue weighted by Crippen LogP contribution is -2.50. The summed E-state index contributed by atoms with van der Waals surface area (Å²) in [4.78, 5) is 0. The molecule has 0 saturated carbocycles. The number of halogens is 2. The zero-order valence-corrected chi connectivity index (χ0v) is 6.57. The van der Waals surface area contributed by atoms with E-state index in [0.717, 1.165) is 0 Å². The van der Waals surface area contributed by atoms with Crippen LogP contribution in [0.15, 0.2) is 0 Å². The standard InChI is InChI=1S/C5H9F2NO2S/c6-5(7,3-8)4-1-11(9,10)2-4/h4H,1-3,8H2. The summed E-state index contributed by atoms with van der Waals surface area (Å²) in [7, 11) is -3.16. The van der Waals surface area contributed by atoms with E-state index in [-0.39, 0.29) is 0 Å². The topological polar surface area (TPSA) is 60.2 Å². The summed E-state index contributed by atoms with van der Waals surface area (Å²) < 4.78 is 46.1. The molecular formula is C5H9F2NO2S. The molecule has 1 saturated heterocycles. The predicted octanol–water partition coefficient (Wildman–Crippen LogP) is -0.375. The monoisotopic (exact) mass is 185 g/mol. The first-order valence-electron chi connectivity index (χ1n) is 3.16. The molecular weight excluding hydrogens is 176 g/mol. The Kier molecular flexibility index (Phi) is 1.92. The Morgan fingerprint density at radius 3 is 2.18 bits per heavy atom. The maximum Gasteiger partial charge on any atom is 0.264 e. The van der Waals surface area contributed by atoms with Crippen LogP contribution < -0.4 is 5.73 Å². The van der Waals surface area contributed by atoms with Crippen LogP contribution in [-0.2, 0) is 9.84 Å². The molecule has 0 bridgehead atoms. The van der Waals surface area contributed by atoms with Crippen LogP contribution in [0.25, 0.3) is 0 Å². The van der Waals surface area contributed by atoms with Crippen molar-refractivity contribution in [2.45, 2.75) is 5.92 Å². The smallest absolute Gasteiger partial charge is 0.264 e. The molecule has 1 rings (SSSR count). The second kappa shape index (κ2) is 2.38. The van der Waals surface area contributed by atoms with Crippen LogP contribution in [0.3, 0.4) is 0 Å². The summed E-state index contributed by atoms with van der Waals surface area (Å²) in [5, 5.41) is 0. The second-order valence-corrected chi connectivity index (χ2v) is 4.89. The third-order valence-corrected chi connectivity index (χ3v) is 3.60. The van der Waals surface area contributed by atoms with Crippen molar-refractivity contribution >= 4 is 9.84 Å². The van der Waals surface area contributed by atoms with E-state index in [1.165, 1.54) is 0 Å². The van der Waals surface area contributed by atoms with Crippen molar-refractivity contribution < 1.29 is 17.2 Å². The Labute approximate surface area is 63.5 Å². The lowest BCUT2D eigenvalue weighted by Gasteiger charge is -2.32. The first kappa shape index (κ1) is 8.86. The van der Waals surface area contributed by atoms with Crippen LogP contribution >= 0.6 is 0 Å². The maximum atomic E-state index is 12.6. The van der Waals surface area contributed by atoms with E-state index in [0.29, 0.717) is 0 Å². The fraction of sp³-hybridized carbons (Fsp3) is 1.00. The molecule has 0 aromatic rings. The van der Waals surface area contributed by atoms with Gasteiger partial charge in [0.25, 0.3) is 5.92 Å². The molecule has 0 amide bonds. The van der Waals surface area contributed by atoms with Crippen molar-refractivity contribution in [3.8, 4) is 0 Å². The highest BCUT2D eigenvalue weighted by molar-refractivity contribution is 7.92. The summed E-state index contributed by atoms with van der Waals surface area (Å²) in [5.74, 6) is -4.91. The molecule has 1 fully saturated rings. The number of rotatable bonds is 2. The number of nitrogens with two attached hydrogens (primary N) is 1. The second-order valence-electron chi connectivity index (χ2n) is 2.74. The van der Waals surface area contributed by atoms with Gasteiger partial charge in [0.05, 0.1) is 24.0 Å². The van der Waals surface area contributed by atoms with Gasteiger partial charge in [0.15, 0.2) is 9.84 Å². The normalized spacial score (nSPS) is 24.6. The van der Waals surface area contributed by atoms with Gasteiger partial charge in [-0.3, -0.25) is 0 Å². The van der Waals surface area contributed by atoms with Crippen LogP contribution in [-0.4, -0.2) is 32.4 Å². The Bertz CT molecular complexity index is 237. The molecule has 1 aliphatic rings. The molecule has 0 aromatic heterocycles. The van der Waals surface area contributed by atoms with Crippen molar-refractivity contribution in [3.05, 3.63) is 0 Å². The molecule has 0 aliphatic carbocycles. The Morgan fingerprint density at radius 2 is 1.91 bits per heavy atom. The average Bonchev–Trinajstić information content (AvgIpc) is 1.83. The molecule has 11 heavy (non-hydrogen) atoms. The van der Waals surface area contributed by atoms with Crippen molar-refractivity contribution in [2.24, 2.45) is 11.7 Å². The van der Waals surface area contributed by atoms with E-state index in [9.17, 15) is 17.2 Å². The van der Waals surface area contributed by atoms with Crippen LogP contribution in [0.2, 0.25) is 0 Å². The van der Waals surface area contributed by atoms with Gasteiger partial charge < -0.3 is 5.73 Å². The molecule has 0 atom stereocenters. The number of alkyl halides is 2. The van der Waals surface area contributed by atoms with Gasteiger partial charge in [-0.25, -0.2) is 17.2 Å². The zero-order valence-electron chi connectivity index (χ0n) is 5.76. The highest BCUT2D eigenvalue weighted by Gasteiger charge is 2.49. The van der Waals surface area contributed by atoms with E-state index in [4.69, 9.17) is 5.73 Å². The van der Waals surface area contributed by atoms with Crippen LogP contribution in [0.5, 0.6) is 0 Å². The van der Waals surface area contributed by atoms with E-state index in [2.05, 4.69) is 0 Å². The van der Waals surface area contributed by atoms with Gasteiger partial charge in [0.2, 0.25) is 0 Å². The highest BCUT2D eigenvalue weighted by Crippen LogP contribution is 2.32. The Morgan fingerprint density at radius 1 is 1.45 bits per heavy atom. The van der Waals surface area contributed by atoms with Crippen molar-refractivity contribution in [1.82, 2.24) is 0 Å². The SMILES string of the molecule is NCC(F)(F)C1CS(=O)(=O)C1. The third kappa shape index (κ3) is 1.67. The van der Waals surface area contributed by atoms with Gasteiger partial charge in [-0.15, -0.1) is 0 Å². The molecule has 3 nitrogen and oxygen atoms in total. The van der Waals surface area contributed by atoms with Crippen LogP contribution in [0.4, 0.5) is 8.78 Å². The van der Waals surface area contributed by atoms with E-state index in [1.807, 2.05) is 0 Å². The minimum absolute atomic E-state index is 0.419. The highest BCUT2D eigenvalue weighted by atomic mass is 32.2. The van der Waals surface area contributed by atoms with Crippen LogP contribution in [0, 0.1) is 5.92 Å². The Hall–Kier alpha value is -0.230. The van der Waals surface area contributed by atoms with E-state index in [1.54, 1.807) is 0 Å². The molecule has 1 heterocycles. The molecule has 1 aliphatic heterocycles. The number of sulfone groups is 1. The van der Waals surface area contributed by atoms with E-state index < -0.39 is 39.7 Å². The molecule has 0 aromatic carbocycles. The predicted molar refractivity (Wildman–Crippen MR) is 36.1 cm³/mol. The molecule has 2 N–H and O–H groups in total. The third-order valence-electron chi connectivity index (χ3n) is 1.78. The summed E-state index contributed by atoms with van der Waals surface area (Å²) >= 11 is 0. The largest absolute Gasteiger partial charge is 0.325 e. The maximum absolute atomic E-state index is 12.6. The summed E-state index contributed by atoms with van der Waals surface area (Å²) in [6.45, 7) is -0.771. The van der Waals surface area contributed by atoms with Crippen LogP contribution in [0.1, 0.15) is 0 Å². The zero-order chi connectivity index (χ0) is 8.70. The molecule has 66 valence electrons. The summed E-state index contributed by atoms with van der Waals surface area (Å²) in [6, 6.07) is 0. The minimum atomic E-state index is -3.16. The van der Waals surface area contributed by atoms with Crippen molar-refractivity contribution in [2.75, 3.05) is 18.1 Å². The summed E-state index contributed by atoms with van der Waals surface area (Å²) in [5.41, 5.74) is 4.76. The first-order valence-corrected chi connectivity index (χ1v) is 4.98.